The van der Waals surface area contributed by atoms with Crippen molar-refractivity contribution in [3.8, 4) is 0 Å². The minimum absolute atomic E-state index is 0.0637. The molecule has 1 amide bonds. The number of nitrogens with zero attached hydrogens (tertiary/aromatic N) is 2. The monoisotopic (exact) mass is 408 g/mol. The number of hydrogen-bond acceptors (Lipinski definition) is 3. The molecular formula is C24H22F2N2O2. The van der Waals surface area contributed by atoms with Crippen molar-refractivity contribution in [2.24, 2.45) is 0 Å². The summed E-state index contributed by atoms with van der Waals surface area (Å²) in [6, 6.07) is 16.2. The van der Waals surface area contributed by atoms with E-state index < -0.39 is 0 Å². The molecule has 0 unspecified atom stereocenters. The van der Waals surface area contributed by atoms with Gasteiger partial charge >= 0.3 is 0 Å². The molecular weight excluding hydrogens is 386 g/mol. The van der Waals surface area contributed by atoms with E-state index in [2.05, 4.69) is 4.90 Å². The van der Waals surface area contributed by atoms with Gasteiger partial charge in [-0.25, -0.2) is 8.78 Å². The first-order valence-electron chi connectivity index (χ1n) is 9.85. The molecule has 154 valence electrons. The molecule has 3 aromatic rings. The van der Waals surface area contributed by atoms with Gasteiger partial charge in [0.2, 0.25) is 5.91 Å². The van der Waals surface area contributed by atoms with Crippen LogP contribution in [-0.4, -0.2) is 41.9 Å². The number of furan rings is 1. The first-order valence-corrected chi connectivity index (χ1v) is 9.85. The second-order valence-corrected chi connectivity index (χ2v) is 7.22. The standard InChI is InChI=1S/C24H22F2N2O2/c25-20-7-3-18(4-8-20)24(19-5-9-21(26)10-6-19)28-15-13-27(14-16-28)23(29)12-11-22-2-1-17-30-22/h1-12,17,24H,13-16H2/b12-11+. The Morgan fingerprint density at radius 2 is 1.43 bits per heavy atom. The van der Waals surface area contributed by atoms with E-state index in [1.165, 1.54) is 30.3 Å². The van der Waals surface area contributed by atoms with Crippen LogP contribution < -0.4 is 0 Å². The fourth-order valence-corrected chi connectivity index (χ4v) is 3.75. The number of benzene rings is 2. The normalized spacial score (nSPS) is 15.2. The highest BCUT2D eigenvalue weighted by Crippen LogP contribution is 2.30. The molecule has 2 aromatic carbocycles. The average Bonchev–Trinajstić information content (AvgIpc) is 3.29. The van der Waals surface area contributed by atoms with Crippen LogP contribution in [0.4, 0.5) is 8.78 Å². The van der Waals surface area contributed by atoms with Gasteiger partial charge in [-0.15, -0.1) is 0 Å². The zero-order valence-corrected chi connectivity index (χ0v) is 16.4. The summed E-state index contributed by atoms with van der Waals surface area (Å²) in [6.45, 7) is 2.44. The van der Waals surface area contributed by atoms with E-state index >= 15 is 0 Å². The first kappa shape index (κ1) is 20.0. The molecule has 1 aliphatic heterocycles. The van der Waals surface area contributed by atoms with Crippen molar-refractivity contribution in [3.05, 3.63) is 102 Å². The molecule has 0 atom stereocenters. The topological polar surface area (TPSA) is 36.7 Å². The fourth-order valence-electron chi connectivity index (χ4n) is 3.75. The number of hydrogen-bond donors (Lipinski definition) is 0. The van der Waals surface area contributed by atoms with Crippen LogP contribution in [-0.2, 0) is 4.79 Å². The van der Waals surface area contributed by atoms with Crippen molar-refractivity contribution in [1.82, 2.24) is 9.80 Å². The van der Waals surface area contributed by atoms with Gasteiger partial charge < -0.3 is 9.32 Å². The molecule has 0 bridgehead atoms. The van der Waals surface area contributed by atoms with Crippen LogP contribution in [0.3, 0.4) is 0 Å². The summed E-state index contributed by atoms with van der Waals surface area (Å²) in [6.07, 6.45) is 4.74. The second-order valence-electron chi connectivity index (χ2n) is 7.22. The summed E-state index contributed by atoms with van der Waals surface area (Å²) in [4.78, 5) is 16.5. The lowest BCUT2D eigenvalue weighted by Gasteiger charge is -2.39. The Morgan fingerprint density at radius 1 is 0.867 bits per heavy atom. The van der Waals surface area contributed by atoms with Gasteiger partial charge in [0.1, 0.15) is 17.4 Å². The fraction of sp³-hybridized carbons (Fsp3) is 0.208. The molecule has 1 saturated heterocycles. The van der Waals surface area contributed by atoms with E-state index in [1.54, 1.807) is 53.6 Å². The van der Waals surface area contributed by atoms with Crippen molar-refractivity contribution in [2.75, 3.05) is 26.2 Å². The number of piperazine rings is 1. The molecule has 0 spiro atoms. The summed E-state index contributed by atoms with van der Waals surface area (Å²) in [5.74, 6) is -0.0217. The quantitative estimate of drug-likeness (QED) is 0.583. The molecule has 4 nitrogen and oxygen atoms in total. The van der Waals surface area contributed by atoms with Crippen LogP contribution in [0.15, 0.2) is 77.4 Å². The van der Waals surface area contributed by atoms with Gasteiger partial charge in [0, 0.05) is 32.3 Å². The van der Waals surface area contributed by atoms with Gasteiger partial charge in [-0.1, -0.05) is 24.3 Å². The SMILES string of the molecule is O=C(/C=C/c1ccco1)N1CCN(C(c2ccc(F)cc2)c2ccc(F)cc2)CC1. The molecule has 1 aromatic heterocycles. The Kier molecular flexibility index (Phi) is 6.05. The van der Waals surface area contributed by atoms with E-state index in [4.69, 9.17) is 4.42 Å². The zero-order chi connectivity index (χ0) is 20.9. The van der Waals surface area contributed by atoms with Crippen LogP contribution in [0.2, 0.25) is 0 Å². The predicted octanol–water partition coefficient (Wildman–Crippen LogP) is 4.50. The number of carbonyl (C=O) groups excluding carboxylic acids is 1. The van der Waals surface area contributed by atoms with Gasteiger partial charge in [-0.05, 0) is 53.6 Å². The zero-order valence-electron chi connectivity index (χ0n) is 16.4. The maximum Gasteiger partial charge on any atom is 0.246 e. The lowest BCUT2D eigenvalue weighted by Crippen LogP contribution is -2.49. The molecule has 6 heteroatoms. The smallest absolute Gasteiger partial charge is 0.246 e. The molecule has 1 fully saturated rings. The van der Waals surface area contributed by atoms with E-state index in [0.29, 0.717) is 31.9 Å². The third-order valence-electron chi connectivity index (χ3n) is 5.30. The molecule has 0 aliphatic carbocycles. The minimum atomic E-state index is -0.296. The lowest BCUT2D eigenvalue weighted by molar-refractivity contribution is -0.127. The molecule has 0 N–H and O–H groups in total. The first-order chi connectivity index (χ1) is 14.6. The summed E-state index contributed by atoms with van der Waals surface area (Å²) >= 11 is 0. The number of amides is 1. The molecule has 0 radical (unpaired) electrons. The van der Waals surface area contributed by atoms with Crippen LogP contribution in [0, 0.1) is 11.6 Å². The predicted molar refractivity (Wildman–Crippen MR) is 111 cm³/mol. The van der Waals surface area contributed by atoms with Gasteiger partial charge in [-0.3, -0.25) is 9.69 Å². The summed E-state index contributed by atoms with van der Waals surface area (Å²) in [5.41, 5.74) is 1.86. The summed E-state index contributed by atoms with van der Waals surface area (Å²) < 4.78 is 32.1. The van der Waals surface area contributed by atoms with Crippen molar-refractivity contribution in [1.29, 1.82) is 0 Å². The number of rotatable bonds is 5. The Hall–Kier alpha value is -3.25. The van der Waals surface area contributed by atoms with E-state index in [0.717, 1.165) is 11.1 Å². The Morgan fingerprint density at radius 3 is 1.93 bits per heavy atom. The molecule has 30 heavy (non-hydrogen) atoms. The van der Waals surface area contributed by atoms with Crippen molar-refractivity contribution < 1.29 is 18.0 Å². The average molecular weight is 408 g/mol. The van der Waals surface area contributed by atoms with Crippen molar-refractivity contribution in [2.45, 2.75) is 6.04 Å². The van der Waals surface area contributed by atoms with Crippen LogP contribution >= 0.6 is 0 Å². The van der Waals surface area contributed by atoms with E-state index in [1.807, 2.05) is 0 Å². The molecule has 1 aliphatic rings. The highest BCUT2D eigenvalue weighted by molar-refractivity contribution is 5.91. The van der Waals surface area contributed by atoms with Crippen molar-refractivity contribution in [3.63, 3.8) is 0 Å². The highest BCUT2D eigenvalue weighted by Gasteiger charge is 2.27. The van der Waals surface area contributed by atoms with Gasteiger partial charge in [-0.2, -0.15) is 0 Å². The lowest BCUT2D eigenvalue weighted by atomic mass is 9.96. The number of halogens is 2. The maximum absolute atomic E-state index is 13.4. The third-order valence-corrected chi connectivity index (χ3v) is 5.30. The molecule has 4 rings (SSSR count). The summed E-state index contributed by atoms with van der Waals surface area (Å²) in [5, 5.41) is 0. The summed E-state index contributed by atoms with van der Waals surface area (Å²) in [7, 11) is 0. The van der Waals surface area contributed by atoms with Gasteiger partial charge in [0.15, 0.2) is 0 Å². The van der Waals surface area contributed by atoms with E-state index in [-0.39, 0.29) is 23.6 Å². The maximum atomic E-state index is 13.4. The Balaban J connectivity index is 1.48. The van der Waals surface area contributed by atoms with Gasteiger partial charge in [0.25, 0.3) is 0 Å². The van der Waals surface area contributed by atoms with Crippen LogP contribution in [0.25, 0.3) is 6.08 Å². The molecule has 2 heterocycles. The second kappa shape index (κ2) is 9.05. The van der Waals surface area contributed by atoms with E-state index in [9.17, 15) is 13.6 Å². The highest BCUT2D eigenvalue weighted by atomic mass is 19.1. The van der Waals surface area contributed by atoms with Crippen LogP contribution in [0.1, 0.15) is 22.9 Å². The third kappa shape index (κ3) is 4.66. The minimum Gasteiger partial charge on any atom is -0.465 e. The van der Waals surface area contributed by atoms with Crippen LogP contribution in [0.5, 0.6) is 0 Å². The molecule has 0 saturated carbocycles. The number of carbonyl (C=O) groups is 1. The van der Waals surface area contributed by atoms with Crippen molar-refractivity contribution >= 4 is 12.0 Å². The van der Waals surface area contributed by atoms with Gasteiger partial charge in [0.05, 0.1) is 12.3 Å². The largest absolute Gasteiger partial charge is 0.465 e. The Labute approximate surface area is 174 Å². The Bertz CT molecular complexity index is 945.